The lowest BCUT2D eigenvalue weighted by molar-refractivity contribution is -0.144. The van der Waals surface area contributed by atoms with Crippen molar-refractivity contribution in [2.24, 2.45) is 4.99 Å². The van der Waals surface area contributed by atoms with Gasteiger partial charge in [-0.2, -0.15) is 0 Å². The predicted molar refractivity (Wildman–Crippen MR) is 82.1 cm³/mol. The SMILES string of the molecule is CC(C)OC(=O)C(=Nc1ccc2c(c1)OCO2)C(=O)OC(C)C. The van der Waals surface area contributed by atoms with E-state index in [0.29, 0.717) is 17.2 Å². The number of benzene rings is 1. The van der Waals surface area contributed by atoms with Crippen molar-refractivity contribution in [3.05, 3.63) is 18.2 Å². The molecule has 23 heavy (non-hydrogen) atoms. The first-order valence-electron chi connectivity index (χ1n) is 7.27. The molecule has 1 heterocycles. The van der Waals surface area contributed by atoms with E-state index in [-0.39, 0.29) is 19.0 Å². The fraction of sp³-hybridized carbons (Fsp3) is 0.438. The number of aliphatic imine (C=N–C) groups is 1. The molecule has 124 valence electrons. The first-order chi connectivity index (χ1) is 10.9. The van der Waals surface area contributed by atoms with E-state index in [2.05, 4.69) is 4.99 Å². The van der Waals surface area contributed by atoms with Gasteiger partial charge in [0.1, 0.15) is 0 Å². The van der Waals surface area contributed by atoms with Crippen molar-refractivity contribution >= 4 is 23.3 Å². The number of nitrogens with zero attached hydrogens (tertiary/aromatic N) is 1. The van der Waals surface area contributed by atoms with Crippen molar-refractivity contribution in [3.63, 3.8) is 0 Å². The second kappa shape index (κ2) is 7.13. The highest BCUT2D eigenvalue weighted by molar-refractivity contribution is 6.63. The van der Waals surface area contributed by atoms with Crippen molar-refractivity contribution in [2.45, 2.75) is 39.9 Å². The monoisotopic (exact) mass is 321 g/mol. The van der Waals surface area contributed by atoms with Crippen molar-refractivity contribution in [2.75, 3.05) is 6.79 Å². The van der Waals surface area contributed by atoms with Crippen LogP contribution in [-0.2, 0) is 19.1 Å². The molecule has 1 aliphatic rings. The van der Waals surface area contributed by atoms with Crippen molar-refractivity contribution in [3.8, 4) is 11.5 Å². The Bertz CT molecular complexity index is 611. The Kier molecular flexibility index (Phi) is 5.20. The molecule has 2 rings (SSSR count). The molecule has 0 aromatic heterocycles. The molecule has 7 heteroatoms. The Morgan fingerprint density at radius 2 is 1.57 bits per heavy atom. The molecule has 0 amide bonds. The van der Waals surface area contributed by atoms with Gasteiger partial charge in [-0.1, -0.05) is 0 Å². The van der Waals surface area contributed by atoms with E-state index in [1.165, 1.54) is 0 Å². The smallest absolute Gasteiger partial charge is 0.364 e. The van der Waals surface area contributed by atoms with Crippen LogP contribution in [0, 0.1) is 0 Å². The summed E-state index contributed by atoms with van der Waals surface area (Å²) in [4.78, 5) is 28.3. The van der Waals surface area contributed by atoms with E-state index in [1.807, 2.05) is 0 Å². The fourth-order valence-corrected chi connectivity index (χ4v) is 1.80. The summed E-state index contributed by atoms with van der Waals surface area (Å²) in [7, 11) is 0. The zero-order valence-electron chi connectivity index (χ0n) is 13.5. The third kappa shape index (κ3) is 4.45. The molecule has 1 aromatic carbocycles. The summed E-state index contributed by atoms with van der Waals surface area (Å²) in [6, 6.07) is 4.84. The molecule has 0 radical (unpaired) electrons. The number of esters is 2. The van der Waals surface area contributed by atoms with E-state index >= 15 is 0 Å². The Balaban J connectivity index is 2.31. The molecule has 0 aliphatic carbocycles. The van der Waals surface area contributed by atoms with Gasteiger partial charge in [-0.05, 0) is 39.8 Å². The summed E-state index contributed by atoms with van der Waals surface area (Å²) < 4.78 is 20.6. The lowest BCUT2D eigenvalue weighted by atomic mass is 10.2. The van der Waals surface area contributed by atoms with Gasteiger partial charge in [-0.3, -0.25) is 0 Å². The van der Waals surface area contributed by atoms with Gasteiger partial charge >= 0.3 is 11.9 Å². The maximum absolute atomic E-state index is 12.1. The van der Waals surface area contributed by atoms with Gasteiger partial charge in [0, 0.05) is 6.07 Å². The molecule has 1 aromatic rings. The molecule has 0 saturated carbocycles. The van der Waals surface area contributed by atoms with Crippen LogP contribution in [0.2, 0.25) is 0 Å². The van der Waals surface area contributed by atoms with Crippen LogP contribution in [-0.4, -0.2) is 36.7 Å². The summed E-state index contributed by atoms with van der Waals surface area (Å²) in [5.41, 5.74) is -0.0445. The molecular formula is C16H19NO6. The molecule has 1 aliphatic heterocycles. The number of ether oxygens (including phenoxy) is 4. The van der Waals surface area contributed by atoms with Crippen LogP contribution in [0.25, 0.3) is 0 Å². The molecule has 0 atom stereocenters. The summed E-state index contributed by atoms with van der Waals surface area (Å²) in [6.45, 7) is 6.86. The van der Waals surface area contributed by atoms with Crippen molar-refractivity contribution in [1.82, 2.24) is 0 Å². The molecule has 0 unspecified atom stereocenters. The minimum atomic E-state index is -0.830. The van der Waals surface area contributed by atoms with Gasteiger partial charge in [-0.25, -0.2) is 14.6 Å². The lowest BCUT2D eigenvalue weighted by Gasteiger charge is -2.12. The molecule has 0 bridgehead atoms. The summed E-state index contributed by atoms with van der Waals surface area (Å²) in [5, 5.41) is 0. The third-order valence-corrected chi connectivity index (χ3v) is 2.67. The molecular weight excluding hydrogens is 302 g/mol. The highest BCUT2D eigenvalue weighted by Gasteiger charge is 2.26. The van der Waals surface area contributed by atoms with Crippen LogP contribution in [0.4, 0.5) is 5.69 Å². The quantitative estimate of drug-likeness (QED) is 0.470. The van der Waals surface area contributed by atoms with Gasteiger partial charge < -0.3 is 18.9 Å². The largest absolute Gasteiger partial charge is 0.458 e. The summed E-state index contributed by atoms with van der Waals surface area (Å²) >= 11 is 0. The van der Waals surface area contributed by atoms with E-state index in [0.717, 1.165) is 0 Å². The molecule has 0 N–H and O–H groups in total. The number of carbonyl (C=O) groups excluding carboxylic acids is 2. The van der Waals surface area contributed by atoms with Crippen LogP contribution in [0.5, 0.6) is 11.5 Å². The van der Waals surface area contributed by atoms with Gasteiger partial charge in [0.15, 0.2) is 11.5 Å². The first kappa shape index (κ1) is 16.8. The number of hydrogen-bond donors (Lipinski definition) is 0. The second-order valence-corrected chi connectivity index (χ2v) is 5.41. The van der Waals surface area contributed by atoms with Gasteiger partial charge in [-0.15, -0.1) is 0 Å². The van der Waals surface area contributed by atoms with E-state index < -0.39 is 17.7 Å². The number of fused-ring (bicyclic) bond motifs is 1. The zero-order valence-corrected chi connectivity index (χ0v) is 13.5. The van der Waals surface area contributed by atoms with Crippen LogP contribution < -0.4 is 9.47 Å². The Morgan fingerprint density at radius 3 is 2.13 bits per heavy atom. The Morgan fingerprint density at radius 1 is 1.00 bits per heavy atom. The lowest BCUT2D eigenvalue weighted by Crippen LogP contribution is -2.31. The van der Waals surface area contributed by atoms with Crippen LogP contribution in [0.3, 0.4) is 0 Å². The van der Waals surface area contributed by atoms with Crippen LogP contribution in [0.1, 0.15) is 27.7 Å². The molecule has 7 nitrogen and oxygen atoms in total. The van der Waals surface area contributed by atoms with Gasteiger partial charge in [0.25, 0.3) is 0 Å². The van der Waals surface area contributed by atoms with Crippen molar-refractivity contribution in [1.29, 1.82) is 0 Å². The van der Waals surface area contributed by atoms with Crippen LogP contribution in [0.15, 0.2) is 23.2 Å². The second-order valence-electron chi connectivity index (χ2n) is 5.41. The number of hydrogen-bond acceptors (Lipinski definition) is 7. The maximum atomic E-state index is 12.1. The number of rotatable bonds is 5. The van der Waals surface area contributed by atoms with E-state index in [9.17, 15) is 9.59 Å². The Labute approximate surface area is 134 Å². The summed E-state index contributed by atoms with van der Waals surface area (Å²) in [5.74, 6) is -0.577. The van der Waals surface area contributed by atoms with E-state index in [4.69, 9.17) is 18.9 Å². The number of carbonyl (C=O) groups is 2. The normalized spacial score (nSPS) is 12.3. The predicted octanol–water partition coefficient (Wildman–Crippen LogP) is 2.39. The Hall–Kier alpha value is -2.57. The average molecular weight is 321 g/mol. The first-order valence-corrected chi connectivity index (χ1v) is 7.27. The highest BCUT2D eigenvalue weighted by atomic mass is 16.7. The van der Waals surface area contributed by atoms with Gasteiger partial charge in [0.2, 0.25) is 12.5 Å². The minimum Gasteiger partial charge on any atom is -0.458 e. The fourth-order valence-electron chi connectivity index (χ4n) is 1.80. The average Bonchev–Trinajstić information content (AvgIpc) is 2.90. The van der Waals surface area contributed by atoms with Crippen molar-refractivity contribution < 1.29 is 28.5 Å². The standard InChI is InChI=1S/C16H19NO6/c1-9(2)22-15(18)14(16(19)23-10(3)4)17-11-5-6-12-13(7-11)21-8-20-12/h5-7,9-10H,8H2,1-4H3. The highest BCUT2D eigenvalue weighted by Crippen LogP contribution is 2.35. The summed E-state index contributed by atoms with van der Waals surface area (Å²) in [6.07, 6.45) is -0.757. The van der Waals surface area contributed by atoms with Gasteiger partial charge in [0.05, 0.1) is 17.9 Å². The molecule has 0 spiro atoms. The van der Waals surface area contributed by atoms with Crippen LogP contribution >= 0.6 is 0 Å². The van der Waals surface area contributed by atoms with E-state index in [1.54, 1.807) is 45.9 Å². The zero-order chi connectivity index (χ0) is 17.0. The topological polar surface area (TPSA) is 83.4 Å². The minimum absolute atomic E-state index is 0.125. The molecule has 0 saturated heterocycles. The molecule has 0 fully saturated rings. The maximum Gasteiger partial charge on any atom is 0.364 e. The third-order valence-electron chi connectivity index (χ3n) is 2.67.